The topological polar surface area (TPSA) is 83.6 Å². The van der Waals surface area contributed by atoms with Crippen molar-refractivity contribution in [2.75, 3.05) is 0 Å². The van der Waals surface area contributed by atoms with Crippen LogP contribution in [0.2, 0.25) is 0 Å². The van der Waals surface area contributed by atoms with E-state index in [0.29, 0.717) is 29.7 Å². The number of nitrogens with one attached hydrogen (secondary N) is 2. The van der Waals surface area contributed by atoms with Gasteiger partial charge < -0.3 is 9.72 Å². The smallest absolute Gasteiger partial charge is 0.338 e. The maximum absolute atomic E-state index is 12.9. The van der Waals surface area contributed by atoms with Crippen molar-refractivity contribution in [1.82, 2.24) is 10.4 Å². The number of para-hydroxylation sites is 1. The number of aromatic nitrogens is 1. The van der Waals surface area contributed by atoms with E-state index in [-0.39, 0.29) is 28.8 Å². The van der Waals surface area contributed by atoms with Crippen LogP contribution in [0.4, 0.5) is 0 Å². The van der Waals surface area contributed by atoms with Crippen molar-refractivity contribution in [1.29, 1.82) is 0 Å². The first-order valence-corrected chi connectivity index (χ1v) is 15.7. The number of aromatic amines is 1. The maximum Gasteiger partial charge on any atom is 0.338 e. The van der Waals surface area contributed by atoms with Gasteiger partial charge in [-0.3, -0.25) is 4.79 Å². The molecular weight excluding hydrogens is 522 g/mol. The van der Waals surface area contributed by atoms with Crippen molar-refractivity contribution in [2.45, 2.75) is 77.7 Å². The van der Waals surface area contributed by atoms with E-state index in [1.165, 1.54) is 18.4 Å². The van der Waals surface area contributed by atoms with E-state index in [0.717, 1.165) is 60.7 Å². The zero-order chi connectivity index (χ0) is 28.9. The van der Waals surface area contributed by atoms with Crippen molar-refractivity contribution >= 4 is 28.5 Å². The van der Waals surface area contributed by atoms with Crippen LogP contribution >= 0.6 is 0 Å². The third kappa shape index (κ3) is 4.60. The second kappa shape index (κ2) is 10.6. The molecule has 42 heavy (non-hydrogen) atoms. The number of carbonyl (C=O) groups excluding carboxylic acids is 2. The summed E-state index contributed by atoms with van der Waals surface area (Å²) < 4.78 is 6.19. The Kier molecular flexibility index (Phi) is 6.83. The lowest BCUT2D eigenvalue weighted by Gasteiger charge is -2.58. The number of nitrogens with zero attached hydrogens (tertiary/aromatic N) is 1. The summed E-state index contributed by atoms with van der Waals surface area (Å²) >= 11 is 0. The first-order valence-electron chi connectivity index (χ1n) is 15.7. The minimum absolute atomic E-state index is 0.00105. The summed E-state index contributed by atoms with van der Waals surface area (Å²) in [6.07, 6.45) is 13.1. The number of amides is 1. The highest BCUT2D eigenvalue weighted by Gasteiger charge is 2.59. The number of fused-ring (bicyclic) bond motifs is 6. The number of hydrogen-bond donors (Lipinski definition) is 2. The summed E-state index contributed by atoms with van der Waals surface area (Å²) in [5, 5.41) is 5.66. The zero-order valence-electron chi connectivity index (χ0n) is 24.7. The Labute approximate surface area is 248 Å². The summed E-state index contributed by atoms with van der Waals surface area (Å²) in [4.78, 5) is 28.9. The minimum atomic E-state index is -0.182. The van der Waals surface area contributed by atoms with Crippen LogP contribution in [0.1, 0.15) is 81.1 Å². The lowest BCUT2D eigenvalue weighted by Crippen LogP contribution is -2.51. The van der Waals surface area contributed by atoms with E-state index < -0.39 is 0 Å². The number of esters is 1. The van der Waals surface area contributed by atoms with Gasteiger partial charge in [-0.2, -0.15) is 5.10 Å². The van der Waals surface area contributed by atoms with Gasteiger partial charge in [0, 0.05) is 22.5 Å². The summed E-state index contributed by atoms with van der Waals surface area (Å²) in [7, 11) is 0. The van der Waals surface area contributed by atoms with Gasteiger partial charge in [-0.05, 0) is 104 Å². The molecule has 0 aliphatic heterocycles. The zero-order valence-corrected chi connectivity index (χ0v) is 24.7. The maximum atomic E-state index is 12.9. The fraction of sp³-hybridized carbons (Fsp3) is 0.472. The van der Waals surface area contributed by atoms with E-state index in [9.17, 15) is 9.59 Å². The van der Waals surface area contributed by atoms with E-state index >= 15 is 0 Å². The van der Waals surface area contributed by atoms with E-state index in [4.69, 9.17) is 4.74 Å². The molecular formula is C36H41N3O3. The molecule has 6 nitrogen and oxygen atoms in total. The average Bonchev–Trinajstić information content (AvgIpc) is 3.56. The molecule has 0 bridgehead atoms. The Morgan fingerprint density at radius 3 is 2.62 bits per heavy atom. The second-order valence-electron chi connectivity index (χ2n) is 13.6. The molecule has 0 spiro atoms. The van der Waals surface area contributed by atoms with Gasteiger partial charge in [0.15, 0.2) is 0 Å². The Bertz CT molecular complexity index is 1570. The van der Waals surface area contributed by atoms with Crippen molar-refractivity contribution < 1.29 is 14.3 Å². The SMILES string of the molecule is C[C@]12CC[C@H]3[C@@H](CCC4=C/C(=N\NC(=O)Cc5c[nH]c6ccccc56)CC[C@@]43C)[C@@H]1CC[C@@H]2OC(=O)c1ccccc1. The van der Waals surface area contributed by atoms with Crippen LogP contribution < -0.4 is 5.43 Å². The third-order valence-electron chi connectivity index (χ3n) is 11.5. The molecule has 1 amide bonds. The molecule has 4 aliphatic rings. The predicted molar refractivity (Wildman–Crippen MR) is 165 cm³/mol. The summed E-state index contributed by atoms with van der Waals surface area (Å²) in [5.41, 5.74) is 8.24. The first kappa shape index (κ1) is 27.2. The number of hydrogen-bond acceptors (Lipinski definition) is 4. The molecule has 0 radical (unpaired) electrons. The molecule has 1 heterocycles. The normalized spacial score (nSPS) is 32.9. The summed E-state index contributed by atoms with van der Waals surface area (Å²) in [5.74, 6) is 1.65. The highest BCUT2D eigenvalue weighted by Crippen LogP contribution is 2.65. The molecule has 3 aromatic rings. The van der Waals surface area contributed by atoms with Crippen LogP contribution in [0.3, 0.4) is 0 Å². The van der Waals surface area contributed by atoms with Crippen LogP contribution in [0, 0.1) is 28.6 Å². The number of carbonyl (C=O) groups is 2. The molecule has 3 fully saturated rings. The summed E-state index contributed by atoms with van der Waals surface area (Å²) in [6.45, 7) is 4.87. The molecule has 4 aliphatic carbocycles. The van der Waals surface area contributed by atoms with Gasteiger partial charge in [0.1, 0.15) is 6.10 Å². The fourth-order valence-electron chi connectivity index (χ4n) is 9.20. The molecule has 1 aromatic heterocycles. The number of ether oxygens (including phenoxy) is 1. The van der Waals surface area contributed by atoms with Crippen LogP contribution in [-0.4, -0.2) is 28.7 Å². The quantitative estimate of drug-likeness (QED) is 0.251. The molecule has 0 saturated heterocycles. The van der Waals surface area contributed by atoms with Gasteiger partial charge in [0.05, 0.1) is 17.7 Å². The van der Waals surface area contributed by atoms with E-state index in [2.05, 4.69) is 35.4 Å². The van der Waals surface area contributed by atoms with Crippen molar-refractivity contribution in [2.24, 2.45) is 33.7 Å². The minimum Gasteiger partial charge on any atom is -0.458 e. The van der Waals surface area contributed by atoms with Crippen LogP contribution in [0.25, 0.3) is 10.9 Å². The van der Waals surface area contributed by atoms with Gasteiger partial charge in [0.2, 0.25) is 5.91 Å². The molecule has 2 aromatic carbocycles. The van der Waals surface area contributed by atoms with Crippen molar-refractivity contribution in [3.05, 3.63) is 83.6 Å². The lowest BCUT2D eigenvalue weighted by molar-refractivity contribution is -0.120. The van der Waals surface area contributed by atoms with Gasteiger partial charge >= 0.3 is 5.97 Å². The molecule has 6 atom stereocenters. The number of H-pyrrole nitrogens is 1. The lowest BCUT2D eigenvalue weighted by atomic mass is 9.47. The molecule has 218 valence electrons. The largest absolute Gasteiger partial charge is 0.458 e. The highest BCUT2D eigenvalue weighted by atomic mass is 16.5. The number of rotatable bonds is 5. The van der Waals surface area contributed by atoms with Gasteiger partial charge in [-0.25, -0.2) is 10.2 Å². The molecule has 7 rings (SSSR count). The number of hydrazone groups is 1. The summed E-state index contributed by atoms with van der Waals surface area (Å²) in [6, 6.07) is 17.5. The Morgan fingerprint density at radius 1 is 0.952 bits per heavy atom. The van der Waals surface area contributed by atoms with Gasteiger partial charge in [0.25, 0.3) is 0 Å². The van der Waals surface area contributed by atoms with Crippen molar-refractivity contribution in [3.63, 3.8) is 0 Å². The van der Waals surface area contributed by atoms with Crippen LogP contribution in [-0.2, 0) is 16.0 Å². The monoisotopic (exact) mass is 563 g/mol. The molecule has 2 N–H and O–H groups in total. The fourth-order valence-corrected chi connectivity index (χ4v) is 9.20. The average molecular weight is 564 g/mol. The molecule has 6 heteroatoms. The number of allylic oxidation sites excluding steroid dienone is 2. The third-order valence-corrected chi connectivity index (χ3v) is 11.5. The second-order valence-corrected chi connectivity index (χ2v) is 13.6. The highest BCUT2D eigenvalue weighted by molar-refractivity contribution is 5.98. The van der Waals surface area contributed by atoms with Gasteiger partial charge in [-0.1, -0.05) is 55.8 Å². The van der Waals surface area contributed by atoms with Gasteiger partial charge in [-0.15, -0.1) is 0 Å². The van der Waals surface area contributed by atoms with Crippen molar-refractivity contribution in [3.8, 4) is 0 Å². The molecule has 3 saturated carbocycles. The Balaban J connectivity index is 1.02. The first-order chi connectivity index (χ1) is 20.3. The molecule has 0 unspecified atom stereocenters. The van der Waals surface area contributed by atoms with E-state index in [1.807, 2.05) is 60.8 Å². The standard InChI is InChI=1S/C36H41N3O3/c1-35-18-16-26(38-39-33(40)20-24-22-37-31-11-7-6-10-27(24)31)21-25(35)12-13-28-29-14-15-32(36(29,2)19-17-30(28)35)42-34(41)23-8-4-3-5-9-23/h3-11,21-22,28-30,32,37H,12-20H2,1-2H3,(H,39,40)/b38-26-/t28-,29-,30-,32-,35-,36-/m0/s1. The van der Waals surface area contributed by atoms with E-state index in [1.54, 1.807) is 0 Å². The number of benzene rings is 2. The van der Waals surface area contributed by atoms with Crippen LogP contribution in [0.5, 0.6) is 0 Å². The van der Waals surface area contributed by atoms with Crippen LogP contribution in [0.15, 0.2) is 77.5 Å². The Hall–Kier alpha value is -3.67. The Morgan fingerprint density at radius 2 is 1.76 bits per heavy atom. The predicted octanol–water partition coefficient (Wildman–Crippen LogP) is 7.37.